The Morgan fingerprint density at radius 3 is 1.42 bits per heavy atom. The molecular formula is C21H33N7O6P2. The first kappa shape index (κ1) is 28.3. The van der Waals surface area contributed by atoms with Crippen LogP contribution in [0.5, 0.6) is 0 Å². The van der Waals surface area contributed by atoms with E-state index in [4.69, 9.17) is 18.1 Å². The fraction of sp³-hybridized carbons (Fsp3) is 0.571. The van der Waals surface area contributed by atoms with Crippen molar-refractivity contribution in [2.24, 2.45) is 0 Å². The Kier molecular flexibility index (Phi) is 10.5. The fourth-order valence-corrected chi connectivity index (χ4v) is 6.48. The summed E-state index contributed by atoms with van der Waals surface area (Å²) in [6.45, 7) is 8.97. The fourth-order valence-electron chi connectivity index (χ4n) is 3.34. The van der Waals surface area contributed by atoms with E-state index in [-0.39, 0.29) is 12.3 Å². The summed E-state index contributed by atoms with van der Waals surface area (Å²) in [5.41, 5.74) is 2.31. The van der Waals surface area contributed by atoms with Crippen LogP contribution in [0.4, 0.5) is 0 Å². The van der Waals surface area contributed by atoms with Crippen molar-refractivity contribution in [1.82, 2.24) is 35.0 Å². The minimum absolute atomic E-state index is 0.188. The summed E-state index contributed by atoms with van der Waals surface area (Å²) in [4.78, 5) is 4.64. The smallest absolute Gasteiger partial charge is 0.309 e. The Hall–Kier alpha value is -2.27. The van der Waals surface area contributed by atoms with Crippen LogP contribution < -0.4 is 0 Å². The molecule has 0 saturated carbocycles. The van der Waals surface area contributed by atoms with E-state index in [9.17, 15) is 9.13 Å². The molecule has 0 unspecified atom stereocenters. The van der Waals surface area contributed by atoms with E-state index in [2.05, 4.69) is 25.6 Å². The monoisotopic (exact) mass is 541 g/mol. The molecule has 0 amide bonds. The van der Waals surface area contributed by atoms with Crippen molar-refractivity contribution in [3.05, 3.63) is 30.6 Å². The molecule has 0 bridgehead atoms. The van der Waals surface area contributed by atoms with E-state index in [1.54, 1.807) is 49.5 Å². The number of pyridine rings is 1. The third kappa shape index (κ3) is 7.86. The van der Waals surface area contributed by atoms with Gasteiger partial charge >= 0.3 is 15.2 Å². The summed E-state index contributed by atoms with van der Waals surface area (Å²) in [6, 6.07) is 5.47. The number of rotatable bonds is 16. The second-order valence-electron chi connectivity index (χ2n) is 7.48. The van der Waals surface area contributed by atoms with Crippen LogP contribution in [-0.4, -0.2) is 73.7 Å². The molecule has 15 heteroatoms. The van der Waals surface area contributed by atoms with Crippen molar-refractivity contribution in [1.29, 1.82) is 0 Å². The molecule has 0 fully saturated rings. The molecule has 3 aromatic heterocycles. The summed E-state index contributed by atoms with van der Waals surface area (Å²) in [6.07, 6.45) is 3.83. The van der Waals surface area contributed by atoms with Gasteiger partial charge in [0, 0.05) is 0 Å². The highest BCUT2D eigenvalue weighted by atomic mass is 31.2. The van der Waals surface area contributed by atoms with Gasteiger partial charge in [-0.3, -0.25) is 18.5 Å². The molecular weight excluding hydrogens is 508 g/mol. The summed E-state index contributed by atoms with van der Waals surface area (Å²) >= 11 is 0. The van der Waals surface area contributed by atoms with Crippen molar-refractivity contribution in [3.8, 4) is 22.8 Å². The van der Waals surface area contributed by atoms with Crippen LogP contribution in [0.25, 0.3) is 22.8 Å². The van der Waals surface area contributed by atoms with Gasteiger partial charge in [0.2, 0.25) is 0 Å². The van der Waals surface area contributed by atoms with E-state index < -0.39 is 15.2 Å². The molecule has 0 atom stereocenters. The van der Waals surface area contributed by atoms with Crippen molar-refractivity contribution in [2.75, 3.05) is 38.8 Å². The number of hydrogen-bond donors (Lipinski definition) is 0. The molecule has 36 heavy (non-hydrogen) atoms. The number of nitrogens with zero attached hydrogens (tertiary/aromatic N) is 7. The molecule has 0 aliphatic rings. The average Bonchev–Trinajstić information content (AvgIpc) is 3.53. The first-order valence-electron chi connectivity index (χ1n) is 11.9. The number of aryl methyl sites for hydroxylation is 2. The van der Waals surface area contributed by atoms with Crippen LogP contribution in [0.1, 0.15) is 27.7 Å². The third-order valence-corrected chi connectivity index (χ3v) is 8.96. The quantitative estimate of drug-likeness (QED) is 0.241. The van der Waals surface area contributed by atoms with E-state index >= 15 is 0 Å². The number of aromatic nitrogens is 7. The molecule has 0 spiro atoms. The summed E-state index contributed by atoms with van der Waals surface area (Å²) in [5, 5.41) is 16.6. The summed E-state index contributed by atoms with van der Waals surface area (Å²) in [5.74, 6) is 0. The summed E-state index contributed by atoms with van der Waals surface area (Å²) in [7, 11) is -6.35. The largest absolute Gasteiger partial charge is 0.332 e. The molecule has 0 radical (unpaired) electrons. The molecule has 3 heterocycles. The molecule has 13 nitrogen and oxygen atoms in total. The predicted octanol–water partition coefficient (Wildman–Crippen LogP) is 4.13. The van der Waals surface area contributed by atoms with Gasteiger partial charge in [-0.2, -0.15) is 0 Å². The first-order chi connectivity index (χ1) is 17.3. The van der Waals surface area contributed by atoms with E-state index in [1.165, 1.54) is 0 Å². The molecule has 198 valence electrons. The minimum Gasteiger partial charge on any atom is -0.309 e. The molecule has 0 N–H and O–H groups in total. The average molecular weight is 541 g/mol. The SMILES string of the molecule is CCOP(=O)(CCn1cc(-c2cccc(-c3cn(CCP(=O)(OCC)OCC)nn3)n2)nn1)OCC. The van der Waals surface area contributed by atoms with Crippen molar-refractivity contribution < 1.29 is 27.2 Å². The zero-order chi connectivity index (χ0) is 26.0. The molecule has 0 aliphatic carbocycles. The lowest BCUT2D eigenvalue weighted by molar-refractivity contribution is 0.217. The van der Waals surface area contributed by atoms with Crippen LogP contribution in [0.2, 0.25) is 0 Å². The van der Waals surface area contributed by atoms with Gasteiger partial charge < -0.3 is 18.1 Å². The molecule has 0 saturated heterocycles. The van der Waals surface area contributed by atoms with Gasteiger partial charge in [-0.25, -0.2) is 4.98 Å². The Morgan fingerprint density at radius 1 is 0.667 bits per heavy atom. The van der Waals surface area contributed by atoms with E-state index in [0.29, 0.717) is 62.3 Å². The standard InChI is InChI=1S/C21H33N7O6P2/c1-5-31-35(29,32-6-2)14-12-27-16-20(23-25-27)18-10-9-11-19(22-18)21-17-28(26-24-21)13-15-36(30,33-7-3)34-8-4/h9-11,16-17H,5-8,12-15H2,1-4H3. The maximum Gasteiger partial charge on any atom is 0.332 e. The van der Waals surface area contributed by atoms with Crippen LogP contribution in [0, 0.1) is 0 Å². The van der Waals surface area contributed by atoms with Crippen LogP contribution in [-0.2, 0) is 40.3 Å². The summed E-state index contributed by atoms with van der Waals surface area (Å²) < 4.78 is 49.8. The molecule has 3 aromatic rings. The number of hydrogen-bond acceptors (Lipinski definition) is 11. The second-order valence-corrected chi connectivity index (χ2v) is 11.9. The lowest BCUT2D eigenvalue weighted by atomic mass is 10.2. The van der Waals surface area contributed by atoms with Gasteiger partial charge in [-0.05, 0) is 39.8 Å². The predicted molar refractivity (Wildman–Crippen MR) is 134 cm³/mol. The van der Waals surface area contributed by atoms with Crippen LogP contribution >= 0.6 is 15.2 Å². The Labute approximate surface area is 210 Å². The van der Waals surface area contributed by atoms with Crippen molar-refractivity contribution in [3.63, 3.8) is 0 Å². The van der Waals surface area contributed by atoms with E-state index in [0.717, 1.165) is 0 Å². The Bertz CT molecular complexity index is 1090. The zero-order valence-corrected chi connectivity index (χ0v) is 22.8. The van der Waals surface area contributed by atoms with Crippen LogP contribution in [0.3, 0.4) is 0 Å². The lowest BCUT2D eigenvalue weighted by Gasteiger charge is -2.16. The van der Waals surface area contributed by atoms with Gasteiger partial charge in [0.15, 0.2) is 0 Å². The first-order valence-corrected chi connectivity index (χ1v) is 15.3. The highest BCUT2D eigenvalue weighted by Gasteiger charge is 2.24. The van der Waals surface area contributed by atoms with Crippen molar-refractivity contribution in [2.45, 2.75) is 40.8 Å². The Balaban J connectivity index is 1.67. The highest BCUT2D eigenvalue weighted by molar-refractivity contribution is 7.54. The molecule has 3 rings (SSSR count). The van der Waals surface area contributed by atoms with Crippen LogP contribution in [0.15, 0.2) is 30.6 Å². The maximum absolute atomic E-state index is 12.7. The topological polar surface area (TPSA) is 145 Å². The van der Waals surface area contributed by atoms with Gasteiger partial charge in [0.05, 0.1) is 75.6 Å². The van der Waals surface area contributed by atoms with Gasteiger partial charge in [-0.15, -0.1) is 10.2 Å². The van der Waals surface area contributed by atoms with E-state index in [1.807, 2.05) is 18.2 Å². The highest BCUT2D eigenvalue weighted by Crippen LogP contribution is 2.48. The van der Waals surface area contributed by atoms with Crippen molar-refractivity contribution >= 4 is 15.2 Å². The van der Waals surface area contributed by atoms with Gasteiger partial charge in [0.25, 0.3) is 0 Å². The van der Waals surface area contributed by atoms with Gasteiger partial charge in [0.1, 0.15) is 11.4 Å². The Morgan fingerprint density at radius 2 is 1.06 bits per heavy atom. The normalized spacial score (nSPS) is 12.3. The zero-order valence-electron chi connectivity index (χ0n) is 21.0. The molecule has 0 aromatic carbocycles. The van der Waals surface area contributed by atoms with Gasteiger partial charge in [-0.1, -0.05) is 16.5 Å². The second kappa shape index (κ2) is 13.3. The minimum atomic E-state index is -3.17. The maximum atomic E-state index is 12.7. The third-order valence-electron chi connectivity index (χ3n) is 4.86. The molecule has 0 aliphatic heterocycles. The lowest BCUT2D eigenvalue weighted by Crippen LogP contribution is -2.08.